The standard InChI is InChI=1S/C10H14BrNOS/c1-10(2,6-12-3)9(13)7-4-5-8(11)14-7/h4-5,12H,6H2,1-3H3. The molecule has 0 amide bonds. The summed E-state index contributed by atoms with van der Waals surface area (Å²) in [5.41, 5.74) is -0.334. The van der Waals surface area contributed by atoms with E-state index < -0.39 is 0 Å². The molecule has 0 aliphatic carbocycles. The van der Waals surface area contributed by atoms with E-state index in [4.69, 9.17) is 0 Å². The molecule has 0 fully saturated rings. The van der Waals surface area contributed by atoms with Crippen LogP contribution in [0.15, 0.2) is 15.9 Å². The van der Waals surface area contributed by atoms with Gasteiger partial charge in [-0.2, -0.15) is 0 Å². The van der Waals surface area contributed by atoms with Crippen LogP contribution in [0.2, 0.25) is 0 Å². The van der Waals surface area contributed by atoms with E-state index in [2.05, 4.69) is 21.2 Å². The van der Waals surface area contributed by atoms with Crippen LogP contribution in [-0.4, -0.2) is 19.4 Å². The monoisotopic (exact) mass is 275 g/mol. The molecule has 0 unspecified atom stereocenters. The number of ketones is 1. The Morgan fingerprint density at radius 2 is 2.21 bits per heavy atom. The lowest BCUT2D eigenvalue weighted by atomic mass is 9.87. The van der Waals surface area contributed by atoms with Crippen molar-refractivity contribution in [1.29, 1.82) is 0 Å². The van der Waals surface area contributed by atoms with E-state index in [-0.39, 0.29) is 11.2 Å². The molecular formula is C10H14BrNOS. The molecule has 2 nitrogen and oxygen atoms in total. The summed E-state index contributed by atoms with van der Waals surface area (Å²) in [7, 11) is 1.86. The van der Waals surface area contributed by atoms with Crippen LogP contribution in [0.3, 0.4) is 0 Å². The van der Waals surface area contributed by atoms with Crippen molar-refractivity contribution in [3.8, 4) is 0 Å². The maximum Gasteiger partial charge on any atom is 0.179 e. The van der Waals surface area contributed by atoms with E-state index in [1.807, 2.05) is 33.0 Å². The third-order valence-corrected chi connectivity index (χ3v) is 3.65. The molecule has 0 bridgehead atoms. The lowest BCUT2D eigenvalue weighted by Crippen LogP contribution is -2.34. The van der Waals surface area contributed by atoms with Gasteiger partial charge in [-0.15, -0.1) is 11.3 Å². The molecule has 0 saturated heterocycles. The number of hydrogen-bond donors (Lipinski definition) is 1. The van der Waals surface area contributed by atoms with E-state index in [0.717, 1.165) is 8.66 Å². The fraction of sp³-hybridized carbons (Fsp3) is 0.500. The molecule has 14 heavy (non-hydrogen) atoms. The van der Waals surface area contributed by atoms with E-state index in [1.165, 1.54) is 11.3 Å². The molecule has 0 radical (unpaired) electrons. The Balaban J connectivity index is 2.84. The normalized spacial score (nSPS) is 11.7. The highest BCUT2D eigenvalue weighted by molar-refractivity contribution is 9.11. The van der Waals surface area contributed by atoms with Crippen LogP contribution in [0, 0.1) is 5.41 Å². The van der Waals surface area contributed by atoms with Crippen LogP contribution in [0.4, 0.5) is 0 Å². The maximum atomic E-state index is 12.0. The second-order valence-electron chi connectivity index (χ2n) is 3.85. The van der Waals surface area contributed by atoms with Crippen molar-refractivity contribution < 1.29 is 4.79 Å². The summed E-state index contributed by atoms with van der Waals surface area (Å²) >= 11 is 4.84. The molecule has 0 aliphatic rings. The first-order valence-corrected chi connectivity index (χ1v) is 6.03. The van der Waals surface area contributed by atoms with Crippen LogP contribution in [0.25, 0.3) is 0 Å². The summed E-state index contributed by atoms with van der Waals surface area (Å²) in [5.74, 6) is 0.197. The molecule has 4 heteroatoms. The van der Waals surface area contributed by atoms with E-state index in [0.29, 0.717) is 6.54 Å². The van der Waals surface area contributed by atoms with Gasteiger partial charge in [-0.05, 0) is 35.1 Å². The Morgan fingerprint density at radius 3 is 2.64 bits per heavy atom. The fourth-order valence-electron chi connectivity index (χ4n) is 1.29. The van der Waals surface area contributed by atoms with Crippen LogP contribution in [0.5, 0.6) is 0 Å². The first-order chi connectivity index (χ1) is 6.47. The van der Waals surface area contributed by atoms with Gasteiger partial charge < -0.3 is 5.32 Å². The highest BCUT2D eigenvalue weighted by Crippen LogP contribution is 2.28. The van der Waals surface area contributed by atoms with Gasteiger partial charge in [-0.1, -0.05) is 13.8 Å². The minimum atomic E-state index is -0.334. The molecule has 0 spiro atoms. The quantitative estimate of drug-likeness (QED) is 0.857. The summed E-state index contributed by atoms with van der Waals surface area (Å²) in [6.07, 6.45) is 0. The summed E-state index contributed by atoms with van der Waals surface area (Å²) in [6, 6.07) is 3.78. The third kappa shape index (κ3) is 2.65. The second kappa shape index (κ2) is 4.55. The molecular weight excluding hydrogens is 262 g/mol. The summed E-state index contributed by atoms with van der Waals surface area (Å²) in [5, 5.41) is 3.04. The van der Waals surface area contributed by atoms with Gasteiger partial charge in [0.25, 0.3) is 0 Å². The van der Waals surface area contributed by atoms with Gasteiger partial charge in [-0.3, -0.25) is 4.79 Å². The van der Waals surface area contributed by atoms with Crippen molar-refractivity contribution >= 4 is 33.0 Å². The van der Waals surface area contributed by atoms with Crippen molar-refractivity contribution in [2.24, 2.45) is 5.41 Å². The second-order valence-corrected chi connectivity index (χ2v) is 6.31. The van der Waals surface area contributed by atoms with Crippen LogP contribution < -0.4 is 5.32 Å². The number of Topliss-reactive ketones (excluding diaryl/α,β-unsaturated/α-hetero) is 1. The number of hydrogen-bond acceptors (Lipinski definition) is 3. The molecule has 0 aliphatic heterocycles. The number of carbonyl (C=O) groups excluding carboxylic acids is 1. The molecule has 1 rings (SSSR count). The molecule has 1 N–H and O–H groups in total. The summed E-state index contributed by atoms with van der Waals surface area (Å²) in [6.45, 7) is 4.61. The predicted molar refractivity (Wildman–Crippen MR) is 64.1 cm³/mol. The minimum absolute atomic E-state index is 0.197. The Morgan fingerprint density at radius 1 is 1.57 bits per heavy atom. The van der Waals surface area contributed by atoms with Gasteiger partial charge in [0, 0.05) is 12.0 Å². The van der Waals surface area contributed by atoms with E-state index in [1.54, 1.807) is 0 Å². The number of thiophene rings is 1. The molecule has 0 atom stereocenters. The molecule has 0 saturated carbocycles. The van der Waals surface area contributed by atoms with Gasteiger partial charge in [-0.25, -0.2) is 0 Å². The van der Waals surface area contributed by atoms with Crippen molar-refractivity contribution in [3.63, 3.8) is 0 Å². The van der Waals surface area contributed by atoms with Gasteiger partial charge in [0.15, 0.2) is 5.78 Å². The van der Waals surface area contributed by atoms with Gasteiger partial charge in [0.2, 0.25) is 0 Å². The highest BCUT2D eigenvalue weighted by Gasteiger charge is 2.28. The zero-order valence-electron chi connectivity index (χ0n) is 8.56. The molecule has 1 heterocycles. The lowest BCUT2D eigenvalue weighted by molar-refractivity contribution is 0.0843. The zero-order valence-corrected chi connectivity index (χ0v) is 11.0. The molecule has 1 aromatic heterocycles. The first kappa shape index (κ1) is 11.9. The average Bonchev–Trinajstić information content (AvgIpc) is 2.50. The van der Waals surface area contributed by atoms with Crippen LogP contribution >= 0.6 is 27.3 Å². The summed E-state index contributed by atoms with van der Waals surface area (Å²) < 4.78 is 1.00. The van der Waals surface area contributed by atoms with Crippen molar-refractivity contribution in [1.82, 2.24) is 5.32 Å². The molecule has 0 aromatic carbocycles. The van der Waals surface area contributed by atoms with Gasteiger partial charge in [0.05, 0.1) is 8.66 Å². The Kier molecular flexibility index (Phi) is 3.86. The SMILES string of the molecule is CNCC(C)(C)C(=O)c1ccc(Br)s1. The highest BCUT2D eigenvalue weighted by atomic mass is 79.9. The van der Waals surface area contributed by atoms with Crippen molar-refractivity contribution in [2.45, 2.75) is 13.8 Å². The fourth-order valence-corrected chi connectivity index (χ4v) is 2.80. The van der Waals surface area contributed by atoms with Crippen LogP contribution in [0.1, 0.15) is 23.5 Å². The third-order valence-electron chi connectivity index (χ3n) is 2.03. The smallest absolute Gasteiger partial charge is 0.179 e. The Labute approximate surface area is 96.8 Å². The largest absolute Gasteiger partial charge is 0.319 e. The predicted octanol–water partition coefficient (Wildman–Crippen LogP) is 2.94. The van der Waals surface area contributed by atoms with Gasteiger partial charge in [0.1, 0.15) is 0 Å². The van der Waals surface area contributed by atoms with Crippen molar-refractivity contribution in [2.75, 3.05) is 13.6 Å². The van der Waals surface area contributed by atoms with Crippen LogP contribution in [-0.2, 0) is 0 Å². The van der Waals surface area contributed by atoms with Gasteiger partial charge >= 0.3 is 0 Å². The number of halogens is 1. The van der Waals surface area contributed by atoms with Crippen molar-refractivity contribution in [3.05, 3.63) is 20.8 Å². The lowest BCUT2D eigenvalue weighted by Gasteiger charge is -2.21. The van der Waals surface area contributed by atoms with E-state index >= 15 is 0 Å². The average molecular weight is 276 g/mol. The number of rotatable bonds is 4. The molecule has 78 valence electrons. The zero-order chi connectivity index (χ0) is 10.8. The van der Waals surface area contributed by atoms with E-state index in [9.17, 15) is 4.79 Å². The summed E-state index contributed by atoms with van der Waals surface area (Å²) in [4.78, 5) is 12.8. The number of carbonyl (C=O) groups is 1. The minimum Gasteiger partial charge on any atom is -0.319 e. The topological polar surface area (TPSA) is 29.1 Å². The Bertz CT molecular complexity index is 333. The Hall–Kier alpha value is -0.190. The molecule has 1 aromatic rings. The number of nitrogens with one attached hydrogen (secondary N) is 1. The maximum absolute atomic E-state index is 12.0. The first-order valence-electron chi connectivity index (χ1n) is 4.42.